The number of halogens is 1. The van der Waals surface area contributed by atoms with E-state index in [-0.39, 0.29) is 0 Å². The maximum absolute atomic E-state index is 4.21. The molecule has 0 saturated carbocycles. The van der Waals surface area contributed by atoms with Crippen LogP contribution in [0.25, 0.3) is 0 Å². The summed E-state index contributed by atoms with van der Waals surface area (Å²) in [5.41, 5.74) is 1.42. The summed E-state index contributed by atoms with van der Waals surface area (Å²) in [5.74, 6) is 0.692. The first-order valence-corrected chi connectivity index (χ1v) is 8.24. The maximum atomic E-state index is 4.21. The highest BCUT2D eigenvalue weighted by atomic mass is 79.9. The molecule has 102 valence electrons. The van der Waals surface area contributed by atoms with E-state index in [2.05, 4.69) is 42.4 Å². The van der Waals surface area contributed by atoms with Gasteiger partial charge in [-0.15, -0.1) is 11.3 Å². The molecule has 0 aliphatic carbocycles. The summed E-state index contributed by atoms with van der Waals surface area (Å²) in [4.78, 5) is 6.57. The van der Waals surface area contributed by atoms with Crippen LogP contribution in [0, 0.1) is 5.92 Å². The predicted octanol–water partition coefficient (Wildman–Crippen LogP) is 3.01. The molecular formula is C13H17BrN4S. The van der Waals surface area contributed by atoms with E-state index in [0.717, 1.165) is 19.6 Å². The first kappa shape index (κ1) is 13.3. The summed E-state index contributed by atoms with van der Waals surface area (Å²) < 4.78 is 3.17. The van der Waals surface area contributed by atoms with E-state index in [4.69, 9.17) is 0 Å². The molecule has 4 nitrogen and oxygen atoms in total. The molecule has 1 fully saturated rings. The Bertz CT molecular complexity index is 510. The van der Waals surface area contributed by atoms with Crippen molar-refractivity contribution in [1.82, 2.24) is 19.7 Å². The van der Waals surface area contributed by atoms with E-state index in [0.29, 0.717) is 5.92 Å². The normalized spacial score (nSPS) is 20.8. The molecule has 3 heterocycles. The lowest BCUT2D eigenvalue weighted by Gasteiger charge is -2.32. The Labute approximate surface area is 125 Å². The lowest BCUT2D eigenvalue weighted by atomic mass is 9.98. The number of likely N-dealkylation sites (tertiary alicyclic amines) is 1. The number of rotatable bonds is 4. The summed E-state index contributed by atoms with van der Waals surface area (Å²) >= 11 is 5.30. The molecule has 0 spiro atoms. The molecule has 0 radical (unpaired) electrons. The van der Waals surface area contributed by atoms with Gasteiger partial charge < -0.3 is 0 Å². The number of piperidine rings is 1. The fourth-order valence-electron chi connectivity index (χ4n) is 2.72. The van der Waals surface area contributed by atoms with E-state index in [1.807, 2.05) is 11.0 Å². The molecule has 1 aliphatic rings. The van der Waals surface area contributed by atoms with Gasteiger partial charge in [0.2, 0.25) is 0 Å². The molecule has 0 bridgehead atoms. The Morgan fingerprint density at radius 1 is 1.47 bits per heavy atom. The number of aromatic nitrogens is 3. The minimum atomic E-state index is 0.692. The standard InChI is InChI=1S/C13H17BrN4S/c14-13-4-12(8-19-13)6-17-3-1-2-11(5-17)7-18-10-15-9-16-18/h4,8-11H,1-3,5-7H2/t11-/m1/s1. The van der Waals surface area contributed by atoms with Gasteiger partial charge in [-0.25, -0.2) is 4.98 Å². The smallest absolute Gasteiger partial charge is 0.137 e. The highest BCUT2D eigenvalue weighted by Gasteiger charge is 2.20. The zero-order valence-electron chi connectivity index (χ0n) is 10.7. The molecule has 0 amide bonds. The highest BCUT2D eigenvalue weighted by Crippen LogP contribution is 2.24. The average Bonchev–Trinajstić information content (AvgIpc) is 3.02. The van der Waals surface area contributed by atoms with Crippen molar-refractivity contribution in [3.05, 3.63) is 33.5 Å². The first-order valence-electron chi connectivity index (χ1n) is 6.57. The molecule has 19 heavy (non-hydrogen) atoms. The number of hydrogen-bond acceptors (Lipinski definition) is 4. The second kappa shape index (κ2) is 6.15. The third-order valence-electron chi connectivity index (χ3n) is 3.54. The average molecular weight is 341 g/mol. The van der Waals surface area contributed by atoms with Crippen LogP contribution in [0.3, 0.4) is 0 Å². The number of thiophene rings is 1. The molecule has 0 N–H and O–H groups in total. The Kier molecular flexibility index (Phi) is 4.30. The van der Waals surface area contributed by atoms with Crippen LogP contribution < -0.4 is 0 Å². The SMILES string of the molecule is Brc1cc(CN2CCC[C@@H](Cn3cncn3)C2)cs1. The Balaban J connectivity index is 1.55. The minimum absolute atomic E-state index is 0.692. The Morgan fingerprint density at radius 2 is 2.42 bits per heavy atom. The molecular weight excluding hydrogens is 324 g/mol. The van der Waals surface area contributed by atoms with Crippen LogP contribution in [0.4, 0.5) is 0 Å². The summed E-state index contributed by atoms with van der Waals surface area (Å²) in [7, 11) is 0. The van der Waals surface area contributed by atoms with Gasteiger partial charge in [-0.05, 0) is 58.2 Å². The van der Waals surface area contributed by atoms with Gasteiger partial charge in [0.25, 0.3) is 0 Å². The lowest BCUT2D eigenvalue weighted by molar-refractivity contribution is 0.153. The second-order valence-electron chi connectivity index (χ2n) is 5.12. The second-order valence-corrected chi connectivity index (χ2v) is 7.41. The topological polar surface area (TPSA) is 34.0 Å². The summed E-state index contributed by atoms with van der Waals surface area (Å²) in [5, 5.41) is 6.45. The zero-order chi connectivity index (χ0) is 13.1. The van der Waals surface area contributed by atoms with Crippen molar-refractivity contribution in [2.75, 3.05) is 13.1 Å². The van der Waals surface area contributed by atoms with Gasteiger partial charge in [-0.1, -0.05) is 0 Å². The van der Waals surface area contributed by atoms with Crippen LogP contribution in [0.5, 0.6) is 0 Å². The monoisotopic (exact) mass is 340 g/mol. The van der Waals surface area contributed by atoms with Crippen LogP contribution in [-0.4, -0.2) is 32.8 Å². The molecule has 6 heteroatoms. The van der Waals surface area contributed by atoms with E-state index in [1.54, 1.807) is 17.7 Å². The summed E-state index contributed by atoms with van der Waals surface area (Å²) in [6.45, 7) is 4.43. The maximum Gasteiger partial charge on any atom is 0.137 e. The van der Waals surface area contributed by atoms with Gasteiger partial charge in [0.05, 0.1) is 3.79 Å². The third kappa shape index (κ3) is 3.64. The van der Waals surface area contributed by atoms with E-state index >= 15 is 0 Å². The van der Waals surface area contributed by atoms with Crippen molar-refractivity contribution in [2.24, 2.45) is 5.92 Å². The molecule has 0 aromatic carbocycles. The largest absolute Gasteiger partial charge is 0.299 e. The fraction of sp³-hybridized carbons (Fsp3) is 0.538. The van der Waals surface area contributed by atoms with Gasteiger partial charge in [0.15, 0.2) is 0 Å². The van der Waals surface area contributed by atoms with E-state index in [9.17, 15) is 0 Å². The van der Waals surface area contributed by atoms with Gasteiger partial charge in [0, 0.05) is 19.6 Å². The van der Waals surface area contributed by atoms with Crippen LogP contribution >= 0.6 is 27.3 Å². The molecule has 2 aromatic rings. The van der Waals surface area contributed by atoms with Gasteiger partial charge in [-0.2, -0.15) is 5.10 Å². The summed E-state index contributed by atoms with van der Waals surface area (Å²) in [6, 6.07) is 2.23. The Morgan fingerprint density at radius 3 is 3.16 bits per heavy atom. The van der Waals surface area contributed by atoms with Gasteiger partial charge >= 0.3 is 0 Å². The first-order chi connectivity index (χ1) is 9.29. The predicted molar refractivity (Wildman–Crippen MR) is 80.0 cm³/mol. The van der Waals surface area contributed by atoms with Crippen LogP contribution in [0.15, 0.2) is 27.9 Å². The van der Waals surface area contributed by atoms with Gasteiger partial charge in [0.1, 0.15) is 12.7 Å². The van der Waals surface area contributed by atoms with Crippen molar-refractivity contribution in [3.8, 4) is 0 Å². The summed E-state index contributed by atoms with van der Waals surface area (Å²) in [6.07, 6.45) is 6.01. The van der Waals surface area contributed by atoms with Crippen molar-refractivity contribution < 1.29 is 0 Å². The molecule has 2 aromatic heterocycles. The quantitative estimate of drug-likeness (QED) is 0.857. The van der Waals surface area contributed by atoms with Crippen molar-refractivity contribution >= 4 is 27.3 Å². The van der Waals surface area contributed by atoms with Crippen molar-refractivity contribution in [2.45, 2.75) is 25.9 Å². The van der Waals surface area contributed by atoms with Crippen molar-refractivity contribution in [1.29, 1.82) is 0 Å². The van der Waals surface area contributed by atoms with E-state index < -0.39 is 0 Å². The number of nitrogens with zero attached hydrogens (tertiary/aromatic N) is 4. The van der Waals surface area contributed by atoms with E-state index in [1.165, 1.54) is 28.7 Å². The molecule has 0 unspecified atom stereocenters. The third-order valence-corrected chi connectivity index (χ3v) is 5.10. The lowest BCUT2D eigenvalue weighted by Crippen LogP contribution is -2.36. The van der Waals surface area contributed by atoms with Gasteiger partial charge in [-0.3, -0.25) is 9.58 Å². The molecule has 1 atom stereocenters. The molecule has 1 saturated heterocycles. The van der Waals surface area contributed by atoms with Crippen LogP contribution in [0.1, 0.15) is 18.4 Å². The molecule has 3 rings (SSSR count). The number of hydrogen-bond donors (Lipinski definition) is 0. The van der Waals surface area contributed by atoms with Crippen LogP contribution in [-0.2, 0) is 13.1 Å². The van der Waals surface area contributed by atoms with Crippen molar-refractivity contribution in [3.63, 3.8) is 0 Å². The molecule has 1 aliphatic heterocycles. The Hall–Kier alpha value is -0.720. The highest BCUT2D eigenvalue weighted by molar-refractivity contribution is 9.11. The minimum Gasteiger partial charge on any atom is -0.299 e. The van der Waals surface area contributed by atoms with Crippen LogP contribution in [0.2, 0.25) is 0 Å². The zero-order valence-corrected chi connectivity index (χ0v) is 13.1. The fourth-order valence-corrected chi connectivity index (χ4v) is 3.92.